The molecule has 0 unspecified atom stereocenters. The number of nitrogens with zero attached hydrogens (tertiary/aromatic N) is 2. The van der Waals surface area contributed by atoms with Crippen LogP contribution in [0.15, 0.2) is 58.3 Å². The van der Waals surface area contributed by atoms with Gasteiger partial charge in [0.2, 0.25) is 11.8 Å². The number of hydrogen-bond donors (Lipinski definition) is 2. The van der Waals surface area contributed by atoms with Crippen LogP contribution in [-0.2, 0) is 19.2 Å². The van der Waals surface area contributed by atoms with Crippen LogP contribution in [0.25, 0.3) is 12.2 Å². The predicted molar refractivity (Wildman–Crippen MR) is 182 cm³/mol. The van der Waals surface area contributed by atoms with Gasteiger partial charge in [-0.1, -0.05) is 102 Å². The van der Waals surface area contributed by atoms with Crippen LogP contribution in [0, 0.1) is 0 Å². The summed E-state index contributed by atoms with van der Waals surface area (Å²) in [6.45, 7) is 0.559. The van der Waals surface area contributed by atoms with Gasteiger partial charge in [-0.2, -0.15) is 0 Å². The van der Waals surface area contributed by atoms with Gasteiger partial charge in [-0.15, -0.1) is 0 Å². The van der Waals surface area contributed by atoms with E-state index >= 15 is 0 Å². The summed E-state index contributed by atoms with van der Waals surface area (Å²) < 4.78 is 0.875. The van der Waals surface area contributed by atoms with E-state index in [1.807, 2.05) is 12.1 Å². The van der Waals surface area contributed by atoms with E-state index in [4.69, 9.17) is 47.6 Å². The van der Waals surface area contributed by atoms with Crippen molar-refractivity contribution in [1.82, 2.24) is 20.7 Å². The smallest absolute Gasteiger partial charge is 0.266 e. The highest BCUT2D eigenvalue weighted by molar-refractivity contribution is 8.27. The van der Waals surface area contributed by atoms with E-state index in [-0.39, 0.29) is 37.1 Å². The number of hydrogen-bond acceptors (Lipinski definition) is 8. The lowest BCUT2D eigenvalue weighted by Crippen LogP contribution is -2.43. The molecular formula is C29H26Cl2N4O4S4. The maximum absolute atomic E-state index is 12.8. The lowest BCUT2D eigenvalue weighted by atomic mass is 10.2. The normalized spacial score (nSPS) is 17.0. The number of halogens is 2. The quantitative estimate of drug-likeness (QED) is 0.125. The van der Waals surface area contributed by atoms with E-state index in [1.54, 1.807) is 53.5 Å². The molecule has 2 aliphatic rings. The van der Waals surface area contributed by atoms with Gasteiger partial charge in [0.05, 0.1) is 9.81 Å². The third kappa shape index (κ3) is 9.62. The molecule has 2 fully saturated rings. The van der Waals surface area contributed by atoms with Crippen molar-refractivity contribution in [2.75, 3.05) is 13.1 Å². The number of benzene rings is 2. The van der Waals surface area contributed by atoms with E-state index in [2.05, 4.69) is 10.9 Å². The summed E-state index contributed by atoms with van der Waals surface area (Å²) in [5.41, 5.74) is 6.46. The number of unbranched alkanes of at least 4 members (excludes halogenated alkanes) is 2. The van der Waals surface area contributed by atoms with Crippen molar-refractivity contribution in [1.29, 1.82) is 0 Å². The molecule has 0 saturated carbocycles. The number of carbonyl (C=O) groups is 4. The molecule has 0 aliphatic carbocycles. The van der Waals surface area contributed by atoms with Crippen LogP contribution in [0.3, 0.4) is 0 Å². The minimum absolute atomic E-state index is 0.0306. The minimum atomic E-state index is -0.440. The molecule has 2 heterocycles. The van der Waals surface area contributed by atoms with Crippen LogP contribution in [0.5, 0.6) is 0 Å². The fourth-order valence-corrected chi connectivity index (χ4v) is 6.89. The summed E-state index contributed by atoms with van der Waals surface area (Å²) in [6, 6.07) is 14.3. The number of thioether (sulfide) groups is 2. The zero-order valence-electron chi connectivity index (χ0n) is 22.6. The number of nitrogens with one attached hydrogen (secondary N) is 2. The molecule has 43 heavy (non-hydrogen) atoms. The Morgan fingerprint density at radius 3 is 1.60 bits per heavy atom. The number of rotatable bonds is 11. The Hall–Kier alpha value is -2.74. The van der Waals surface area contributed by atoms with Crippen LogP contribution < -0.4 is 10.9 Å². The van der Waals surface area contributed by atoms with Gasteiger partial charge in [0.25, 0.3) is 11.8 Å². The van der Waals surface area contributed by atoms with E-state index < -0.39 is 5.91 Å². The van der Waals surface area contributed by atoms with Gasteiger partial charge in [0, 0.05) is 36.0 Å². The molecule has 2 N–H and O–H groups in total. The molecule has 224 valence electrons. The maximum Gasteiger partial charge on any atom is 0.266 e. The molecule has 2 aromatic rings. The standard InChI is InChI=1S/C29H26Cl2N4O4S4/c30-20-9-5-18(6-10-20)16-22-26(38)34(28(40)42-22)14-3-1-2-4-24(36)32-33-25(37)13-15-35-27(39)23(43-29(35)41)17-19-7-11-21(31)12-8-19/h5-12,16-17H,1-4,13-15H2,(H,32,36)(H,33,37). The van der Waals surface area contributed by atoms with E-state index in [9.17, 15) is 19.2 Å². The Balaban J connectivity index is 1.11. The number of thiocarbonyl (C=S) groups is 2. The number of carbonyl (C=O) groups excluding carboxylic acids is 4. The average molecular weight is 694 g/mol. The fraction of sp³-hybridized carbons (Fsp3) is 0.241. The van der Waals surface area contributed by atoms with Crippen molar-refractivity contribution in [3.8, 4) is 0 Å². The molecule has 8 nitrogen and oxygen atoms in total. The van der Waals surface area contributed by atoms with Gasteiger partial charge < -0.3 is 0 Å². The van der Waals surface area contributed by atoms with Crippen LogP contribution in [0.2, 0.25) is 10.0 Å². The summed E-state index contributed by atoms with van der Waals surface area (Å²) in [6.07, 6.45) is 5.65. The molecule has 0 atom stereocenters. The molecule has 2 saturated heterocycles. The van der Waals surface area contributed by atoms with Crippen LogP contribution in [0.1, 0.15) is 43.2 Å². The van der Waals surface area contributed by atoms with Crippen LogP contribution in [-0.4, -0.2) is 55.2 Å². The lowest BCUT2D eigenvalue weighted by Gasteiger charge is -2.15. The molecular weight excluding hydrogens is 668 g/mol. The Labute approximate surface area is 278 Å². The van der Waals surface area contributed by atoms with Gasteiger partial charge >= 0.3 is 0 Å². The van der Waals surface area contributed by atoms with Crippen molar-refractivity contribution in [3.63, 3.8) is 0 Å². The second kappa shape index (κ2) is 15.8. The number of hydrazine groups is 1. The average Bonchev–Trinajstić information content (AvgIpc) is 3.40. The van der Waals surface area contributed by atoms with Gasteiger partial charge in [0.15, 0.2) is 0 Å². The third-order valence-corrected chi connectivity index (χ3v) is 9.53. The zero-order chi connectivity index (χ0) is 30.9. The topological polar surface area (TPSA) is 98.8 Å². The molecule has 0 aromatic heterocycles. The SMILES string of the molecule is O=C(CCCCCN1C(=O)C(=Cc2ccc(Cl)cc2)SC1=S)NNC(=O)CCN1C(=O)C(=Cc2ccc(Cl)cc2)SC1=S. The first-order valence-corrected chi connectivity index (χ1v) is 16.4. The summed E-state index contributed by atoms with van der Waals surface area (Å²) in [7, 11) is 0. The van der Waals surface area contributed by atoms with Crippen molar-refractivity contribution in [3.05, 3.63) is 79.5 Å². The Morgan fingerprint density at radius 2 is 1.12 bits per heavy atom. The first-order valence-electron chi connectivity index (χ1n) is 13.2. The van der Waals surface area contributed by atoms with E-state index in [0.717, 1.165) is 11.1 Å². The monoisotopic (exact) mass is 692 g/mol. The van der Waals surface area contributed by atoms with Gasteiger partial charge in [0.1, 0.15) is 8.64 Å². The minimum Gasteiger partial charge on any atom is -0.293 e. The highest BCUT2D eigenvalue weighted by Gasteiger charge is 2.32. The molecule has 2 aromatic carbocycles. The Kier molecular flexibility index (Phi) is 12.2. The molecule has 0 radical (unpaired) electrons. The van der Waals surface area contributed by atoms with Crippen LogP contribution in [0.4, 0.5) is 0 Å². The third-order valence-electron chi connectivity index (χ3n) is 6.27. The summed E-state index contributed by atoms with van der Waals surface area (Å²) >= 11 is 25.0. The summed E-state index contributed by atoms with van der Waals surface area (Å²) in [5, 5.41) is 1.22. The Morgan fingerprint density at radius 1 is 0.674 bits per heavy atom. The van der Waals surface area contributed by atoms with Crippen molar-refractivity contribution in [2.24, 2.45) is 0 Å². The first-order chi connectivity index (χ1) is 20.6. The van der Waals surface area contributed by atoms with Crippen molar-refractivity contribution < 1.29 is 19.2 Å². The van der Waals surface area contributed by atoms with Gasteiger partial charge in [-0.05, 0) is 60.4 Å². The van der Waals surface area contributed by atoms with Crippen LogP contribution >= 0.6 is 71.2 Å². The first kappa shape index (κ1) is 33.2. The van der Waals surface area contributed by atoms with Crippen molar-refractivity contribution in [2.45, 2.75) is 32.1 Å². The fourth-order valence-electron chi connectivity index (χ4n) is 4.02. The highest BCUT2D eigenvalue weighted by atomic mass is 35.5. The second-order valence-electron chi connectivity index (χ2n) is 9.43. The molecule has 0 spiro atoms. The molecule has 14 heteroatoms. The predicted octanol–water partition coefficient (Wildman–Crippen LogP) is 6.19. The Bertz CT molecular complexity index is 1500. The van der Waals surface area contributed by atoms with Gasteiger partial charge in [-0.3, -0.25) is 39.8 Å². The summed E-state index contributed by atoms with van der Waals surface area (Å²) in [4.78, 5) is 53.9. The molecule has 4 rings (SSSR count). The van der Waals surface area contributed by atoms with Crippen molar-refractivity contribution >= 4 is 116 Å². The molecule has 4 amide bonds. The van der Waals surface area contributed by atoms with E-state index in [0.29, 0.717) is 54.3 Å². The summed E-state index contributed by atoms with van der Waals surface area (Å²) in [5.74, 6) is -1.17. The molecule has 2 aliphatic heterocycles. The largest absolute Gasteiger partial charge is 0.293 e. The zero-order valence-corrected chi connectivity index (χ0v) is 27.4. The van der Waals surface area contributed by atoms with Gasteiger partial charge in [-0.25, -0.2) is 0 Å². The second-order valence-corrected chi connectivity index (χ2v) is 13.7. The van der Waals surface area contributed by atoms with E-state index in [1.165, 1.54) is 28.4 Å². The lowest BCUT2D eigenvalue weighted by molar-refractivity contribution is -0.129. The molecule has 0 bridgehead atoms. The maximum atomic E-state index is 12.8. The number of amides is 4. The highest BCUT2D eigenvalue weighted by Crippen LogP contribution is 2.34.